The topological polar surface area (TPSA) is 50.7 Å². The highest BCUT2D eigenvalue weighted by Crippen LogP contribution is 2.32. The molecule has 1 saturated heterocycles. The highest BCUT2D eigenvalue weighted by atomic mass is 79.9. The van der Waals surface area contributed by atoms with Gasteiger partial charge in [0.25, 0.3) is 5.91 Å². The molecule has 1 aliphatic heterocycles. The van der Waals surface area contributed by atoms with Crippen LogP contribution in [0.5, 0.6) is 5.75 Å². The van der Waals surface area contributed by atoms with Crippen LogP contribution in [0.1, 0.15) is 44.6 Å². The lowest BCUT2D eigenvalue weighted by molar-refractivity contribution is -0.115. The zero-order valence-corrected chi connectivity index (χ0v) is 16.1. The Hall–Kier alpha value is -1.27. The third-order valence-corrected chi connectivity index (χ3v) is 5.41. The van der Waals surface area contributed by atoms with Gasteiger partial charge in [0.1, 0.15) is 5.75 Å². The zero-order chi connectivity index (χ0) is 16.9. The molecular weight excluding hydrogens is 388 g/mol. The molecule has 0 unspecified atom stereocenters. The number of rotatable bonds is 5. The largest absolute Gasteiger partial charge is 0.493 e. The van der Waals surface area contributed by atoms with Gasteiger partial charge in [-0.25, -0.2) is 0 Å². The molecule has 2 aliphatic rings. The maximum atomic E-state index is 12.2. The molecule has 2 fully saturated rings. The van der Waals surface area contributed by atoms with Crippen molar-refractivity contribution in [3.05, 3.63) is 33.1 Å². The molecule has 1 aliphatic carbocycles. The first-order chi connectivity index (χ1) is 11.7. The summed E-state index contributed by atoms with van der Waals surface area (Å²) in [6.07, 6.45) is 7.55. The highest BCUT2D eigenvalue weighted by molar-refractivity contribution is 9.10. The van der Waals surface area contributed by atoms with Crippen molar-refractivity contribution in [2.75, 3.05) is 6.61 Å². The fourth-order valence-corrected chi connectivity index (χ4v) is 4.07. The molecular formula is C18H21BrN2O2S. The molecule has 3 rings (SSSR count). The Balaban J connectivity index is 1.80. The first kappa shape index (κ1) is 17.5. The summed E-state index contributed by atoms with van der Waals surface area (Å²) in [6, 6.07) is 6.21. The number of carbonyl (C=O) groups is 1. The molecule has 0 bridgehead atoms. The minimum Gasteiger partial charge on any atom is -0.493 e. The number of hydrogen-bond donors (Lipinski definition) is 1. The predicted molar refractivity (Wildman–Crippen MR) is 103 cm³/mol. The second-order valence-electron chi connectivity index (χ2n) is 5.97. The van der Waals surface area contributed by atoms with Crippen LogP contribution in [-0.2, 0) is 4.79 Å². The van der Waals surface area contributed by atoms with Crippen LogP contribution < -0.4 is 10.1 Å². The summed E-state index contributed by atoms with van der Waals surface area (Å²) in [5, 5.41) is 3.61. The van der Waals surface area contributed by atoms with Crippen LogP contribution in [0.15, 0.2) is 32.6 Å². The maximum Gasteiger partial charge on any atom is 0.264 e. The molecule has 0 spiro atoms. The molecule has 1 amide bonds. The van der Waals surface area contributed by atoms with Gasteiger partial charge < -0.3 is 10.1 Å². The van der Waals surface area contributed by atoms with E-state index >= 15 is 0 Å². The van der Waals surface area contributed by atoms with E-state index in [1.807, 2.05) is 24.3 Å². The van der Waals surface area contributed by atoms with Crippen molar-refractivity contribution in [1.82, 2.24) is 5.32 Å². The fourth-order valence-electron chi connectivity index (χ4n) is 2.80. The number of nitrogens with zero attached hydrogens (tertiary/aromatic N) is 1. The summed E-state index contributed by atoms with van der Waals surface area (Å²) >= 11 is 4.90. The minimum absolute atomic E-state index is 0.0850. The molecule has 1 saturated carbocycles. The summed E-state index contributed by atoms with van der Waals surface area (Å²) in [7, 11) is 0. The number of aliphatic imine (C=N–C) groups is 1. The first-order valence-electron chi connectivity index (χ1n) is 8.36. The summed E-state index contributed by atoms with van der Waals surface area (Å²) in [5.74, 6) is 0.709. The van der Waals surface area contributed by atoms with Gasteiger partial charge in [0, 0.05) is 10.0 Å². The smallest absolute Gasteiger partial charge is 0.264 e. The van der Waals surface area contributed by atoms with Crippen molar-refractivity contribution >= 4 is 44.8 Å². The van der Waals surface area contributed by atoms with Gasteiger partial charge in [0.2, 0.25) is 0 Å². The standard InChI is InChI=1S/C18H21BrN2O2S/c1-2-9-23-15-8-7-13(19)10-12(15)11-16-17(22)21-18(24-16)20-14-5-3-4-6-14/h7-8,10-11,14H,2-6,9H2,1H3,(H,20,21,22)/b16-11-. The van der Waals surface area contributed by atoms with Gasteiger partial charge in [-0.05, 0) is 55.3 Å². The van der Waals surface area contributed by atoms with Crippen molar-refractivity contribution in [2.45, 2.75) is 45.1 Å². The van der Waals surface area contributed by atoms with Crippen molar-refractivity contribution in [3.63, 3.8) is 0 Å². The summed E-state index contributed by atoms with van der Waals surface area (Å²) in [4.78, 5) is 17.6. The molecule has 0 radical (unpaired) electrons. The van der Waals surface area contributed by atoms with Crippen LogP contribution in [0.3, 0.4) is 0 Å². The average molecular weight is 409 g/mol. The van der Waals surface area contributed by atoms with Crippen molar-refractivity contribution < 1.29 is 9.53 Å². The monoisotopic (exact) mass is 408 g/mol. The van der Waals surface area contributed by atoms with E-state index in [4.69, 9.17) is 4.74 Å². The molecule has 128 valence electrons. The van der Waals surface area contributed by atoms with E-state index in [1.165, 1.54) is 24.6 Å². The van der Waals surface area contributed by atoms with Gasteiger partial charge in [-0.15, -0.1) is 0 Å². The predicted octanol–water partition coefficient (Wildman–Crippen LogP) is 4.74. The number of thioether (sulfide) groups is 1. The van der Waals surface area contributed by atoms with Gasteiger partial charge in [-0.1, -0.05) is 35.7 Å². The van der Waals surface area contributed by atoms with Crippen LogP contribution in [0.4, 0.5) is 0 Å². The minimum atomic E-state index is -0.0850. The van der Waals surface area contributed by atoms with E-state index in [0.717, 1.165) is 40.2 Å². The highest BCUT2D eigenvalue weighted by Gasteiger charge is 2.26. The van der Waals surface area contributed by atoms with Gasteiger partial charge in [0.15, 0.2) is 5.17 Å². The summed E-state index contributed by atoms with van der Waals surface area (Å²) in [5.41, 5.74) is 0.901. The average Bonchev–Trinajstić information content (AvgIpc) is 3.17. The van der Waals surface area contributed by atoms with Crippen molar-refractivity contribution in [3.8, 4) is 5.75 Å². The quantitative estimate of drug-likeness (QED) is 0.715. The summed E-state index contributed by atoms with van der Waals surface area (Å²) < 4.78 is 6.74. The Morgan fingerprint density at radius 2 is 2.21 bits per heavy atom. The molecule has 24 heavy (non-hydrogen) atoms. The third kappa shape index (κ3) is 4.42. The number of benzene rings is 1. The number of carbonyl (C=O) groups excluding carboxylic acids is 1. The maximum absolute atomic E-state index is 12.2. The zero-order valence-electron chi connectivity index (χ0n) is 13.7. The number of amidine groups is 1. The fraction of sp³-hybridized carbons (Fsp3) is 0.444. The van der Waals surface area contributed by atoms with Gasteiger partial charge in [0.05, 0.1) is 17.6 Å². The SMILES string of the molecule is CCCOc1ccc(Br)cc1/C=C1\SC(=NC2CCCC2)NC1=O. The Bertz CT molecular complexity index is 682. The second kappa shape index (κ2) is 8.21. The number of hydrogen-bond acceptors (Lipinski definition) is 4. The van der Waals surface area contributed by atoms with Crippen LogP contribution in [0.25, 0.3) is 6.08 Å². The van der Waals surface area contributed by atoms with Crippen molar-refractivity contribution in [1.29, 1.82) is 0 Å². The van der Waals surface area contributed by atoms with E-state index in [9.17, 15) is 4.79 Å². The molecule has 1 N–H and O–H groups in total. The molecule has 0 atom stereocenters. The molecule has 0 aromatic heterocycles. The summed E-state index contributed by atoms with van der Waals surface area (Å²) in [6.45, 7) is 2.73. The Morgan fingerprint density at radius 3 is 2.96 bits per heavy atom. The first-order valence-corrected chi connectivity index (χ1v) is 9.97. The molecule has 4 nitrogen and oxygen atoms in total. The Morgan fingerprint density at radius 1 is 1.42 bits per heavy atom. The third-order valence-electron chi connectivity index (χ3n) is 4.00. The number of nitrogens with one attached hydrogen (secondary N) is 1. The van der Waals surface area contributed by atoms with Crippen molar-refractivity contribution in [2.24, 2.45) is 4.99 Å². The van der Waals surface area contributed by atoms with Crippen LogP contribution in [0.2, 0.25) is 0 Å². The lowest BCUT2D eigenvalue weighted by Crippen LogP contribution is -2.21. The van der Waals surface area contributed by atoms with Gasteiger partial charge in [-0.2, -0.15) is 0 Å². The van der Waals surface area contributed by atoms with E-state index in [0.29, 0.717) is 17.6 Å². The number of ether oxygens (including phenoxy) is 1. The van der Waals surface area contributed by atoms with Crippen LogP contribution in [-0.4, -0.2) is 23.7 Å². The van der Waals surface area contributed by atoms with Gasteiger partial charge in [-0.3, -0.25) is 9.79 Å². The van der Waals surface area contributed by atoms with Crippen LogP contribution >= 0.6 is 27.7 Å². The molecule has 1 heterocycles. The second-order valence-corrected chi connectivity index (χ2v) is 7.91. The Kier molecular flexibility index (Phi) is 6.00. The molecule has 1 aromatic rings. The lowest BCUT2D eigenvalue weighted by Gasteiger charge is -2.09. The van der Waals surface area contributed by atoms with E-state index in [1.54, 1.807) is 0 Å². The normalized spacial score (nSPS) is 21.7. The Labute approximate surface area is 155 Å². The van der Waals surface area contributed by atoms with E-state index in [-0.39, 0.29) is 5.91 Å². The van der Waals surface area contributed by atoms with E-state index in [2.05, 4.69) is 33.2 Å². The van der Waals surface area contributed by atoms with Gasteiger partial charge >= 0.3 is 0 Å². The lowest BCUT2D eigenvalue weighted by atomic mass is 10.2. The van der Waals surface area contributed by atoms with Crippen LogP contribution in [0, 0.1) is 0 Å². The number of halogens is 1. The number of amides is 1. The molecule has 6 heteroatoms. The van der Waals surface area contributed by atoms with E-state index < -0.39 is 0 Å². The molecule has 1 aromatic carbocycles.